The van der Waals surface area contributed by atoms with Crippen LogP contribution in [0, 0.1) is 0 Å². The molecule has 0 aromatic heterocycles. The smallest absolute Gasteiger partial charge is 0.327 e. The highest BCUT2D eigenvalue weighted by molar-refractivity contribution is 8.07. The van der Waals surface area contributed by atoms with Gasteiger partial charge >= 0.3 is 6.72 Å². The molecule has 1 unspecified atom stereocenters. The van der Waals surface area contributed by atoms with E-state index in [1.54, 1.807) is 7.11 Å². The van der Waals surface area contributed by atoms with Crippen LogP contribution in [-0.4, -0.2) is 26.4 Å². The summed E-state index contributed by atoms with van der Waals surface area (Å²) in [5.74, 6) is 0. The molecule has 1 aliphatic carbocycles. The number of nitrogens with two attached hydrogens (primary N) is 1. The second-order valence-electron chi connectivity index (χ2n) is 4.68. The zero-order chi connectivity index (χ0) is 13.3. The van der Waals surface area contributed by atoms with Crippen LogP contribution in [-0.2, 0) is 25.4 Å². The van der Waals surface area contributed by atoms with Gasteiger partial charge in [0.05, 0.1) is 12.7 Å². The molecular formula is C12H26NO3PS. The maximum absolute atomic E-state index is 5.84. The van der Waals surface area contributed by atoms with Crippen molar-refractivity contribution in [2.75, 3.05) is 20.3 Å². The van der Waals surface area contributed by atoms with E-state index < -0.39 is 6.72 Å². The quantitative estimate of drug-likeness (QED) is 0.495. The first-order valence-electron chi connectivity index (χ1n) is 6.89. The van der Waals surface area contributed by atoms with Crippen LogP contribution in [0.1, 0.15) is 51.4 Å². The van der Waals surface area contributed by atoms with Crippen molar-refractivity contribution in [1.82, 2.24) is 0 Å². The normalized spacial score (nSPS) is 20.1. The van der Waals surface area contributed by atoms with Crippen molar-refractivity contribution in [3.05, 3.63) is 0 Å². The fraction of sp³-hybridized carbons (Fsp3) is 1.00. The zero-order valence-corrected chi connectivity index (χ0v) is 13.0. The van der Waals surface area contributed by atoms with E-state index in [-0.39, 0.29) is 6.10 Å². The molecule has 0 spiro atoms. The summed E-state index contributed by atoms with van der Waals surface area (Å²) in [4.78, 5) is 0. The number of hydrogen-bond acceptors (Lipinski definition) is 5. The van der Waals surface area contributed by atoms with Crippen LogP contribution < -0.4 is 5.73 Å². The van der Waals surface area contributed by atoms with Gasteiger partial charge in [0.1, 0.15) is 0 Å². The van der Waals surface area contributed by atoms with Crippen molar-refractivity contribution in [3.8, 4) is 0 Å². The third-order valence-corrected chi connectivity index (χ3v) is 5.68. The predicted octanol–water partition coefficient (Wildman–Crippen LogP) is 3.35. The monoisotopic (exact) mass is 295 g/mol. The highest BCUT2D eigenvalue weighted by Gasteiger charge is 2.26. The zero-order valence-electron chi connectivity index (χ0n) is 11.3. The van der Waals surface area contributed by atoms with Crippen LogP contribution in [0.3, 0.4) is 0 Å². The minimum absolute atomic E-state index is 0.244. The van der Waals surface area contributed by atoms with Crippen LogP contribution in [0.4, 0.5) is 0 Å². The molecule has 18 heavy (non-hydrogen) atoms. The minimum atomic E-state index is -2.50. The summed E-state index contributed by atoms with van der Waals surface area (Å²) in [6, 6.07) is 0. The van der Waals surface area contributed by atoms with E-state index >= 15 is 0 Å². The summed E-state index contributed by atoms with van der Waals surface area (Å²) in [6.45, 7) is -1.10. The molecule has 1 rings (SSSR count). The maximum Gasteiger partial charge on any atom is 0.327 e. The van der Waals surface area contributed by atoms with Gasteiger partial charge in [0.25, 0.3) is 0 Å². The first-order chi connectivity index (χ1) is 8.70. The Kier molecular flexibility index (Phi) is 8.64. The Hall–Kier alpha value is 0.490. The lowest BCUT2D eigenvalue weighted by Crippen LogP contribution is -2.08. The van der Waals surface area contributed by atoms with Crippen molar-refractivity contribution in [3.63, 3.8) is 0 Å². The predicted molar refractivity (Wildman–Crippen MR) is 78.1 cm³/mol. The molecule has 1 saturated carbocycles. The van der Waals surface area contributed by atoms with Crippen molar-refractivity contribution in [1.29, 1.82) is 0 Å². The lowest BCUT2D eigenvalue weighted by molar-refractivity contribution is 0.130. The van der Waals surface area contributed by atoms with E-state index in [0.717, 1.165) is 45.1 Å². The van der Waals surface area contributed by atoms with E-state index in [9.17, 15) is 0 Å². The fourth-order valence-electron chi connectivity index (χ4n) is 2.08. The van der Waals surface area contributed by atoms with Gasteiger partial charge in [0, 0.05) is 7.11 Å². The molecule has 6 heteroatoms. The summed E-state index contributed by atoms with van der Waals surface area (Å²) in [5, 5.41) is 0. The summed E-state index contributed by atoms with van der Waals surface area (Å²) >= 11 is 5.36. The number of rotatable bonds is 10. The van der Waals surface area contributed by atoms with Gasteiger partial charge in [-0.1, -0.05) is 25.7 Å². The molecule has 1 atom stereocenters. The molecule has 0 bridgehead atoms. The van der Waals surface area contributed by atoms with E-state index in [2.05, 4.69) is 0 Å². The first-order valence-corrected chi connectivity index (χ1v) is 9.44. The van der Waals surface area contributed by atoms with Crippen molar-refractivity contribution in [2.24, 2.45) is 5.73 Å². The van der Waals surface area contributed by atoms with Crippen LogP contribution in [0.25, 0.3) is 0 Å². The average Bonchev–Trinajstić information content (AvgIpc) is 2.86. The maximum atomic E-state index is 5.84. The Bertz CT molecular complexity index is 260. The number of unbranched alkanes of at least 4 members (excludes halogenated alkanes) is 3. The molecule has 0 amide bonds. The third-order valence-electron chi connectivity index (χ3n) is 3.15. The summed E-state index contributed by atoms with van der Waals surface area (Å²) < 4.78 is 16.8. The Morgan fingerprint density at radius 1 is 1.17 bits per heavy atom. The lowest BCUT2D eigenvalue weighted by Gasteiger charge is -2.23. The highest BCUT2D eigenvalue weighted by atomic mass is 32.5. The molecule has 2 N–H and O–H groups in total. The molecule has 0 heterocycles. The Labute approximate surface area is 116 Å². The van der Waals surface area contributed by atoms with E-state index in [1.807, 2.05) is 0 Å². The molecule has 1 aliphatic rings. The minimum Gasteiger partial charge on any atom is -0.330 e. The van der Waals surface area contributed by atoms with Gasteiger partial charge in [-0.2, -0.15) is 0 Å². The second kappa shape index (κ2) is 9.40. The Balaban J connectivity index is 2.16. The van der Waals surface area contributed by atoms with Crippen LogP contribution >= 0.6 is 6.72 Å². The van der Waals surface area contributed by atoms with E-state index in [4.69, 9.17) is 31.1 Å². The van der Waals surface area contributed by atoms with Gasteiger partial charge in [-0.25, -0.2) is 0 Å². The molecule has 0 aromatic rings. The number of hydrogen-bond donors (Lipinski definition) is 1. The van der Waals surface area contributed by atoms with E-state index in [1.165, 1.54) is 12.8 Å². The topological polar surface area (TPSA) is 53.7 Å². The van der Waals surface area contributed by atoms with Gasteiger partial charge in [0.15, 0.2) is 0 Å². The molecule has 0 aliphatic heterocycles. The molecule has 108 valence electrons. The van der Waals surface area contributed by atoms with Gasteiger partial charge in [-0.3, -0.25) is 0 Å². The fourth-order valence-corrected chi connectivity index (χ4v) is 3.85. The van der Waals surface area contributed by atoms with E-state index in [0.29, 0.717) is 6.61 Å². The lowest BCUT2D eigenvalue weighted by atomic mass is 10.2. The van der Waals surface area contributed by atoms with Crippen LogP contribution in [0.2, 0.25) is 0 Å². The molecule has 0 saturated heterocycles. The van der Waals surface area contributed by atoms with Gasteiger partial charge in [-0.15, -0.1) is 0 Å². The highest BCUT2D eigenvalue weighted by Crippen LogP contribution is 2.52. The SMILES string of the molecule is COP(=S)(OCCCCCCN)OC1CCCC1. The summed E-state index contributed by atoms with van der Waals surface area (Å²) in [5.41, 5.74) is 5.44. The third kappa shape index (κ3) is 6.60. The summed E-state index contributed by atoms with van der Waals surface area (Å²) in [6.07, 6.45) is 9.22. The second-order valence-corrected chi connectivity index (χ2v) is 7.75. The molecule has 4 nitrogen and oxygen atoms in total. The first kappa shape index (κ1) is 16.5. The van der Waals surface area contributed by atoms with Gasteiger partial charge in [-0.05, 0) is 44.0 Å². The largest absolute Gasteiger partial charge is 0.330 e. The average molecular weight is 295 g/mol. The van der Waals surface area contributed by atoms with Crippen LogP contribution in [0.5, 0.6) is 0 Å². The van der Waals surface area contributed by atoms with Crippen molar-refractivity contribution in [2.45, 2.75) is 57.5 Å². The van der Waals surface area contributed by atoms with Crippen molar-refractivity contribution < 1.29 is 13.6 Å². The molecule has 0 aromatic carbocycles. The molecule has 0 radical (unpaired) electrons. The van der Waals surface area contributed by atoms with Crippen LogP contribution in [0.15, 0.2) is 0 Å². The van der Waals surface area contributed by atoms with Gasteiger partial charge < -0.3 is 19.3 Å². The summed E-state index contributed by atoms with van der Waals surface area (Å²) in [7, 11) is 1.59. The van der Waals surface area contributed by atoms with Crippen molar-refractivity contribution >= 4 is 18.5 Å². The van der Waals surface area contributed by atoms with Gasteiger partial charge in [0.2, 0.25) is 0 Å². The Morgan fingerprint density at radius 3 is 2.44 bits per heavy atom. The molecular weight excluding hydrogens is 269 g/mol. The standard InChI is InChI=1S/C12H26NO3PS/c1-14-17(18,16-12-8-4-5-9-12)15-11-7-3-2-6-10-13/h12H,2-11,13H2,1H3. The molecule has 1 fully saturated rings. The Morgan fingerprint density at radius 2 is 1.83 bits per heavy atom.